The Morgan fingerprint density at radius 3 is 2.70 bits per heavy atom. The average Bonchev–Trinajstić information content (AvgIpc) is 2.93. The number of primary amides is 1. The smallest absolute Gasteiger partial charge is 0.248 e. The van der Waals surface area contributed by atoms with Crippen LogP contribution < -0.4 is 10.5 Å². The number of nitrogens with one attached hydrogen (secondary N) is 2. The number of carbonyl (C=O) groups is 1. The maximum absolute atomic E-state index is 12.5. The number of H-pyrrole nitrogens is 1. The molecule has 0 fully saturated rings. The van der Waals surface area contributed by atoms with Gasteiger partial charge in [-0.05, 0) is 30.3 Å². The number of benzene rings is 2. The summed E-state index contributed by atoms with van der Waals surface area (Å²) in [6.07, 6.45) is 1.61. The fourth-order valence-corrected chi connectivity index (χ4v) is 3.66. The SMILES string of the molecule is NC(=O)c1cccc(S(=O)Nc2ccc(Cl)c3c(Cl)c[nH]c23)c1. The van der Waals surface area contributed by atoms with E-state index in [1.807, 2.05) is 0 Å². The summed E-state index contributed by atoms with van der Waals surface area (Å²) in [4.78, 5) is 14.6. The number of halogens is 2. The van der Waals surface area contributed by atoms with Gasteiger partial charge in [0, 0.05) is 17.1 Å². The highest BCUT2D eigenvalue weighted by atomic mass is 35.5. The van der Waals surface area contributed by atoms with Crippen LogP contribution >= 0.6 is 23.2 Å². The Morgan fingerprint density at radius 1 is 1.17 bits per heavy atom. The average molecular weight is 368 g/mol. The Morgan fingerprint density at radius 2 is 1.96 bits per heavy atom. The van der Waals surface area contributed by atoms with Crippen LogP contribution in [0.2, 0.25) is 10.0 Å². The molecule has 1 heterocycles. The number of nitrogens with two attached hydrogens (primary N) is 1. The van der Waals surface area contributed by atoms with Crippen LogP contribution in [0.3, 0.4) is 0 Å². The topological polar surface area (TPSA) is 88.0 Å². The molecule has 0 aliphatic rings. The molecule has 3 rings (SSSR count). The molecule has 1 amide bonds. The first-order chi connectivity index (χ1) is 11.0. The van der Waals surface area contributed by atoms with Crippen molar-refractivity contribution in [3.05, 3.63) is 58.2 Å². The van der Waals surface area contributed by atoms with Crippen molar-refractivity contribution >= 4 is 56.7 Å². The maximum atomic E-state index is 12.5. The number of hydrogen-bond acceptors (Lipinski definition) is 2. The fourth-order valence-electron chi connectivity index (χ4n) is 2.18. The van der Waals surface area contributed by atoms with Gasteiger partial charge in [0.05, 0.1) is 26.1 Å². The van der Waals surface area contributed by atoms with E-state index in [-0.39, 0.29) is 0 Å². The standard InChI is InChI=1S/C15H11Cl2N3O2S/c16-10-4-5-12(14-13(10)11(17)7-19-14)20-23(22)9-3-1-2-8(6-9)15(18)21/h1-7,19-20H,(H2,18,21). The van der Waals surface area contributed by atoms with Crippen LogP contribution in [0.25, 0.3) is 10.9 Å². The van der Waals surface area contributed by atoms with Crippen molar-refractivity contribution in [3.8, 4) is 0 Å². The van der Waals surface area contributed by atoms with Gasteiger partial charge in [-0.2, -0.15) is 0 Å². The second kappa shape index (κ2) is 6.23. The van der Waals surface area contributed by atoms with Crippen LogP contribution in [0.5, 0.6) is 0 Å². The van der Waals surface area contributed by atoms with Crippen molar-refractivity contribution in [2.45, 2.75) is 4.90 Å². The molecule has 0 spiro atoms. The molecule has 8 heteroatoms. The molecule has 0 saturated heterocycles. The normalized spacial score (nSPS) is 12.3. The Bertz CT molecular complexity index is 940. The van der Waals surface area contributed by atoms with E-state index in [0.29, 0.717) is 37.1 Å². The molecule has 23 heavy (non-hydrogen) atoms. The third kappa shape index (κ3) is 3.06. The number of fused-ring (bicyclic) bond motifs is 1. The molecule has 0 radical (unpaired) electrons. The molecule has 1 unspecified atom stereocenters. The lowest BCUT2D eigenvalue weighted by Gasteiger charge is -2.09. The van der Waals surface area contributed by atoms with Crippen molar-refractivity contribution in [2.24, 2.45) is 5.73 Å². The summed E-state index contributed by atoms with van der Waals surface area (Å²) in [5.74, 6) is -0.575. The van der Waals surface area contributed by atoms with E-state index < -0.39 is 16.9 Å². The van der Waals surface area contributed by atoms with Crippen LogP contribution in [0, 0.1) is 0 Å². The van der Waals surface area contributed by atoms with E-state index in [4.69, 9.17) is 28.9 Å². The molecule has 3 aromatic rings. The van der Waals surface area contributed by atoms with Gasteiger partial charge in [-0.1, -0.05) is 29.3 Å². The Hall–Kier alpha value is -2.02. The van der Waals surface area contributed by atoms with Crippen LogP contribution in [0.4, 0.5) is 5.69 Å². The monoisotopic (exact) mass is 367 g/mol. The summed E-state index contributed by atoms with van der Waals surface area (Å²) in [6, 6.07) is 9.69. The van der Waals surface area contributed by atoms with Crippen molar-refractivity contribution in [1.29, 1.82) is 0 Å². The highest BCUT2D eigenvalue weighted by Crippen LogP contribution is 2.35. The Kier molecular flexibility index (Phi) is 4.30. The minimum absolute atomic E-state index is 0.293. The van der Waals surface area contributed by atoms with Gasteiger partial charge in [-0.3, -0.25) is 9.52 Å². The molecule has 118 valence electrons. The summed E-state index contributed by atoms with van der Waals surface area (Å²) in [5.41, 5.74) is 6.77. The zero-order valence-electron chi connectivity index (χ0n) is 11.6. The highest BCUT2D eigenvalue weighted by molar-refractivity contribution is 7.86. The second-order valence-electron chi connectivity index (χ2n) is 4.74. The zero-order chi connectivity index (χ0) is 16.6. The summed E-state index contributed by atoms with van der Waals surface area (Å²) in [6.45, 7) is 0. The first kappa shape index (κ1) is 15.9. The summed E-state index contributed by atoms with van der Waals surface area (Å²) < 4.78 is 15.4. The van der Waals surface area contributed by atoms with Gasteiger partial charge in [-0.25, -0.2) is 4.21 Å². The molecule has 5 nitrogen and oxygen atoms in total. The Balaban J connectivity index is 1.96. The van der Waals surface area contributed by atoms with Crippen LogP contribution in [-0.2, 0) is 11.0 Å². The predicted octanol–water partition coefficient (Wildman–Crippen LogP) is 3.71. The van der Waals surface area contributed by atoms with Crippen molar-refractivity contribution in [2.75, 3.05) is 4.72 Å². The first-order valence-electron chi connectivity index (χ1n) is 6.51. The molecular weight excluding hydrogens is 357 g/mol. The van der Waals surface area contributed by atoms with Gasteiger partial charge in [0.1, 0.15) is 11.0 Å². The third-order valence-electron chi connectivity index (χ3n) is 3.27. The van der Waals surface area contributed by atoms with Crippen LogP contribution in [0.15, 0.2) is 47.5 Å². The molecule has 4 N–H and O–H groups in total. The van der Waals surface area contributed by atoms with Gasteiger partial charge >= 0.3 is 0 Å². The summed E-state index contributed by atoms with van der Waals surface area (Å²) in [5, 5.41) is 1.63. The summed E-state index contributed by atoms with van der Waals surface area (Å²) in [7, 11) is -1.58. The lowest BCUT2D eigenvalue weighted by molar-refractivity contribution is 0.1000. The van der Waals surface area contributed by atoms with Crippen molar-refractivity contribution in [3.63, 3.8) is 0 Å². The molecule has 0 saturated carbocycles. The minimum atomic E-state index is -1.58. The fraction of sp³-hybridized carbons (Fsp3) is 0. The van der Waals surface area contributed by atoms with Gasteiger partial charge in [0.25, 0.3) is 0 Å². The molecule has 2 aromatic carbocycles. The van der Waals surface area contributed by atoms with Crippen molar-refractivity contribution < 1.29 is 9.00 Å². The molecule has 0 aliphatic heterocycles. The number of carbonyl (C=O) groups excluding carboxylic acids is 1. The van der Waals surface area contributed by atoms with Crippen molar-refractivity contribution in [1.82, 2.24) is 4.98 Å². The largest absolute Gasteiger partial charge is 0.366 e. The van der Waals surface area contributed by atoms with Gasteiger partial charge < -0.3 is 10.7 Å². The van der Waals surface area contributed by atoms with E-state index in [0.717, 1.165) is 0 Å². The minimum Gasteiger partial charge on any atom is -0.366 e. The number of aromatic nitrogens is 1. The molecule has 0 bridgehead atoms. The number of anilines is 1. The zero-order valence-corrected chi connectivity index (χ0v) is 13.9. The van der Waals surface area contributed by atoms with E-state index in [9.17, 15) is 9.00 Å². The molecule has 1 aromatic heterocycles. The predicted molar refractivity (Wildman–Crippen MR) is 93.3 cm³/mol. The molecular formula is C15H11Cl2N3O2S. The number of rotatable bonds is 4. The van der Waals surface area contributed by atoms with Gasteiger partial charge in [-0.15, -0.1) is 0 Å². The van der Waals surface area contributed by atoms with E-state index in [1.165, 1.54) is 6.07 Å². The third-order valence-corrected chi connectivity index (χ3v) is 4.97. The lowest BCUT2D eigenvalue weighted by atomic mass is 10.2. The number of hydrogen-bond donors (Lipinski definition) is 3. The molecule has 1 atom stereocenters. The van der Waals surface area contributed by atoms with E-state index in [1.54, 1.807) is 36.5 Å². The maximum Gasteiger partial charge on any atom is 0.248 e. The van der Waals surface area contributed by atoms with Gasteiger partial charge in [0.15, 0.2) is 0 Å². The van der Waals surface area contributed by atoms with Crippen LogP contribution in [0.1, 0.15) is 10.4 Å². The quantitative estimate of drug-likeness (QED) is 0.656. The summed E-state index contributed by atoms with van der Waals surface area (Å²) >= 11 is 12.2. The number of aromatic amines is 1. The molecule has 0 aliphatic carbocycles. The first-order valence-corrected chi connectivity index (χ1v) is 8.41. The number of amides is 1. The van der Waals surface area contributed by atoms with E-state index >= 15 is 0 Å². The van der Waals surface area contributed by atoms with Gasteiger partial charge in [0.2, 0.25) is 5.91 Å². The van der Waals surface area contributed by atoms with E-state index in [2.05, 4.69) is 9.71 Å². The second-order valence-corrected chi connectivity index (χ2v) is 6.77. The lowest BCUT2D eigenvalue weighted by Crippen LogP contribution is -2.12. The highest BCUT2D eigenvalue weighted by Gasteiger charge is 2.13. The Labute approximate surface area is 144 Å². The van der Waals surface area contributed by atoms with Crippen LogP contribution in [-0.4, -0.2) is 15.1 Å².